The molecule has 5 nitrogen and oxygen atoms in total. The Morgan fingerprint density at radius 3 is 1.91 bits per heavy atom. The molecule has 0 aromatic carbocycles. The quantitative estimate of drug-likeness (QED) is 0.738. The van der Waals surface area contributed by atoms with Crippen LogP contribution in [-0.4, -0.2) is 24.2 Å². The van der Waals surface area contributed by atoms with Crippen LogP contribution in [0.3, 0.4) is 0 Å². The molecule has 23 heavy (non-hydrogen) atoms. The third-order valence-corrected chi connectivity index (χ3v) is 3.04. The van der Waals surface area contributed by atoms with Crippen LogP contribution in [0.4, 0.5) is 0 Å². The standard InChI is InChI=1S/C17H18N2O2.O.V/c1-13(19-12-15-7-3-5-9-17(15)21)10-18-11-14-6-2-4-8-16(14)20;;/h2-9,11-13,18-19H,10H2,1H3;;. The summed E-state index contributed by atoms with van der Waals surface area (Å²) in [5, 5.41) is 6.26. The fraction of sp³-hybridized carbons (Fsp3) is 0.176. The summed E-state index contributed by atoms with van der Waals surface area (Å²) >= 11 is 1.06. The molecule has 0 amide bonds. The molecule has 2 aliphatic carbocycles. The van der Waals surface area contributed by atoms with Crippen LogP contribution in [0.25, 0.3) is 0 Å². The Morgan fingerprint density at radius 2 is 1.39 bits per heavy atom. The van der Waals surface area contributed by atoms with Crippen molar-refractivity contribution in [2.24, 2.45) is 0 Å². The third kappa shape index (κ3) is 6.59. The van der Waals surface area contributed by atoms with E-state index in [0.29, 0.717) is 17.7 Å². The summed E-state index contributed by atoms with van der Waals surface area (Å²) in [6, 6.07) is 0.125. The number of hydrogen-bond acceptors (Lipinski definition) is 5. The second kappa shape index (κ2) is 10.5. The molecule has 0 spiro atoms. The number of ketones is 2. The average molecular weight is 349 g/mol. The molecule has 1 atom stereocenters. The van der Waals surface area contributed by atoms with Crippen LogP contribution >= 0.6 is 0 Å². The SMILES string of the molecule is CC(CNC=C1C=CC=CC1=O)NC=C1C=CC=CC1=O.[O]=[V]. The van der Waals surface area contributed by atoms with Gasteiger partial charge in [-0.1, -0.05) is 24.3 Å². The third-order valence-electron chi connectivity index (χ3n) is 3.04. The Kier molecular flexibility index (Phi) is 8.57. The fourth-order valence-corrected chi connectivity index (χ4v) is 1.84. The van der Waals surface area contributed by atoms with Crippen molar-refractivity contribution in [3.63, 3.8) is 0 Å². The predicted octanol–water partition coefficient (Wildman–Crippen LogP) is 1.59. The van der Waals surface area contributed by atoms with Crippen molar-refractivity contribution in [3.8, 4) is 0 Å². The molecule has 0 saturated carbocycles. The summed E-state index contributed by atoms with van der Waals surface area (Å²) in [6.45, 7) is 2.64. The topological polar surface area (TPSA) is 75.3 Å². The molecule has 0 aromatic heterocycles. The molecule has 119 valence electrons. The second-order valence-corrected chi connectivity index (χ2v) is 4.84. The summed E-state index contributed by atoms with van der Waals surface area (Å²) in [7, 11) is 0. The molecule has 2 rings (SSSR count). The van der Waals surface area contributed by atoms with Gasteiger partial charge in [0.05, 0.1) is 0 Å². The zero-order chi connectivity index (χ0) is 17.1. The molecule has 0 fully saturated rings. The molecule has 2 N–H and O–H groups in total. The Balaban J connectivity index is 0.00000127. The molecular weight excluding hydrogens is 331 g/mol. The molecule has 0 bridgehead atoms. The molecule has 0 saturated heterocycles. The van der Waals surface area contributed by atoms with Gasteiger partial charge in [-0.25, -0.2) is 0 Å². The van der Waals surface area contributed by atoms with E-state index < -0.39 is 0 Å². The van der Waals surface area contributed by atoms with E-state index in [9.17, 15) is 9.59 Å². The molecule has 0 aromatic rings. The van der Waals surface area contributed by atoms with Crippen molar-refractivity contribution in [2.75, 3.05) is 6.54 Å². The van der Waals surface area contributed by atoms with Gasteiger partial charge in [0.25, 0.3) is 0 Å². The van der Waals surface area contributed by atoms with Crippen LogP contribution in [0.2, 0.25) is 0 Å². The minimum atomic E-state index is -0.00277. The van der Waals surface area contributed by atoms with Crippen molar-refractivity contribution in [1.29, 1.82) is 0 Å². The zero-order valence-electron chi connectivity index (χ0n) is 12.7. The summed E-state index contributed by atoms with van der Waals surface area (Å²) in [5.74, 6) is -0.00513. The first-order valence-electron chi connectivity index (χ1n) is 7.03. The Bertz CT molecular complexity index is 628. The van der Waals surface area contributed by atoms with Gasteiger partial charge in [0.1, 0.15) is 0 Å². The summed E-state index contributed by atoms with van der Waals surface area (Å²) in [4.78, 5) is 23.1. The van der Waals surface area contributed by atoms with E-state index in [4.69, 9.17) is 3.67 Å². The summed E-state index contributed by atoms with van der Waals surface area (Å²) in [5.41, 5.74) is 1.27. The minimum absolute atomic E-state index is 0.00235. The number of rotatable bonds is 5. The molecule has 0 aliphatic heterocycles. The molecule has 0 radical (unpaired) electrons. The van der Waals surface area contributed by atoms with E-state index in [1.807, 2.05) is 19.1 Å². The number of allylic oxidation sites excluding steroid dienone is 10. The predicted molar refractivity (Wildman–Crippen MR) is 84.0 cm³/mol. The first kappa shape index (κ1) is 18.8. The van der Waals surface area contributed by atoms with Crippen molar-refractivity contribution < 1.29 is 30.6 Å². The van der Waals surface area contributed by atoms with Crippen LogP contribution in [0, 0.1) is 0 Å². The molecule has 0 heterocycles. The van der Waals surface area contributed by atoms with E-state index in [2.05, 4.69) is 10.6 Å². The van der Waals surface area contributed by atoms with E-state index in [1.165, 1.54) is 12.2 Å². The maximum absolute atomic E-state index is 11.5. The number of carbonyl (C=O) groups excluding carboxylic acids is 2. The molecule has 2 aliphatic rings. The normalized spacial score (nSPS) is 20.3. The monoisotopic (exact) mass is 349 g/mol. The van der Waals surface area contributed by atoms with Crippen molar-refractivity contribution >= 4 is 11.6 Å². The van der Waals surface area contributed by atoms with Crippen LogP contribution in [-0.2, 0) is 30.6 Å². The summed E-state index contributed by atoms with van der Waals surface area (Å²) < 4.78 is 8.19. The summed E-state index contributed by atoms with van der Waals surface area (Å²) in [6.07, 6.45) is 17.1. The van der Waals surface area contributed by atoms with Gasteiger partial charge < -0.3 is 10.6 Å². The van der Waals surface area contributed by atoms with Crippen molar-refractivity contribution in [1.82, 2.24) is 10.6 Å². The first-order chi connectivity index (χ1) is 11.2. The van der Waals surface area contributed by atoms with E-state index in [-0.39, 0.29) is 17.6 Å². The fourth-order valence-electron chi connectivity index (χ4n) is 1.84. The Morgan fingerprint density at radius 1 is 0.913 bits per heavy atom. The van der Waals surface area contributed by atoms with Crippen molar-refractivity contribution in [2.45, 2.75) is 13.0 Å². The van der Waals surface area contributed by atoms with Gasteiger partial charge in [-0.15, -0.1) is 0 Å². The Hall–Kier alpha value is -2.24. The van der Waals surface area contributed by atoms with Gasteiger partial charge in [0.15, 0.2) is 11.6 Å². The van der Waals surface area contributed by atoms with Gasteiger partial charge >= 0.3 is 21.0 Å². The van der Waals surface area contributed by atoms with Crippen LogP contribution in [0.5, 0.6) is 0 Å². The van der Waals surface area contributed by atoms with Gasteiger partial charge in [0.2, 0.25) is 0 Å². The van der Waals surface area contributed by atoms with E-state index in [0.717, 1.165) is 17.4 Å². The van der Waals surface area contributed by atoms with Crippen LogP contribution in [0.15, 0.2) is 72.2 Å². The van der Waals surface area contributed by atoms with Gasteiger partial charge in [-0.2, -0.15) is 0 Å². The Labute approximate surface area is 144 Å². The van der Waals surface area contributed by atoms with E-state index >= 15 is 0 Å². The molecular formula is C17H18N2O3V. The number of carbonyl (C=O) groups is 2. The molecule has 6 heteroatoms. The second-order valence-electron chi connectivity index (χ2n) is 4.84. The van der Waals surface area contributed by atoms with Crippen LogP contribution in [0.1, 0.15) is 6.92 Å². The molecule has 1 unspecified atom stereocenters. The number of nitrogens with one attached hydrogen (secondary N) is 2. The van der Waals surface area contributed by atoms with Gasteiger partial charge in [-0.05, 0) is 31.2 Å². The van der Waals surface area contributed by atoms with Gasteiger partial charge in [-0.3, -0.25) is 9.59 Å². The first-order valence-corrected chi connectivity index (χ1v) is 7.60. The van der Waals surface area contributed by atoms with Crippen molar-refractivity contribution in [3.05, 3.63) is 72.2 Å². The number of hydrogen-bond donors (Lipinski definition) is 2. The van der Waals surface area contributed by atoms with Gasteiger partial charge in [0, 0.05) is 36.1 Å². The average Bonchev–Trinajstić information content (AvgIpc) is 2.58. The van der Waals surface area contributed by atoms with E-state index in [1.54, 1.807) is 36.7 Å². The van der Waals surface area contributed by atoms with Crippen LogP contribution < -0.4 is 10.6 Å². The zero-order valence-corrected chi connectivity index (χ0v) is 14.1. The maximum atomic E-state index is 11.5.